The summed E-state index contributed by atoms with van der Waals surface area (Å²) in [5, 5.41) is 5.97. The molecule has 1 aromatic rings. The van der Waals surface area contributed by atoms with Crippen LogP contribution in [0.5, 0.6) is 5.75 Å². The van der Waals surface area contributed by atoms with Gasteiger partial charge < -0.3 is 15.4 Å². The zero-order valence-corrected chi connectivity index (χ0v) is 17.3. The first kappa shape index (κ1) is 21.7. The smallest absolute Gasteiger partial charge is 0.246 e. The van der Waals surface area contributed by atoms with E-state index in [1.54, 1.807) is 12.1 Å². The number of amides is 1. The zero-order chi connectivity index (χ0) is 19.9. The lowest BCUT2D eigenvalue weighted by Gasteiger charge is -2.26. The highest BCUT2D eigenvalue weighted by Gasteiger charge is 2.29. The molecule has 8 heteroatoms. The van der Waals surface area contributed by atoms with E-state index in [1.807, 2.05) is 0 Å². The Labute approximate surface area is 162 Å². The first-order valence-electron chi connectivity index (χ1n) is 9.63. The van der Waals surface area contributed by atoms with Gasteiger partial charge >= 0.3 is 0 Å². The Balaban J connectivity index is 2.16. The number of hydrogen-bond acceptors (Lipinski definition) is 5. The molecule has 1 fully saturated rings. The maximum absolute atomic E-state index is 13.0. The third-order valence-corrected chi connectivity index (χ3v) is 6.84. The van der Waals surface area contributed by atoms with Gasteiger partial charge in [-0.25, -0.2) is 8.42 Å². The second-order valence-corrected chi connectivity index (χ2v) is 8.68. The molecule has 0 aromatic heterocycles. The number of benzene rings is 1. The van der Waals surface area contributed by atoms with Crippen LogP contribution in [0, 0.1) is 0 Å². The van der Waals surface area contributed by atoms with Crippen LogP contribution in [0.25, 0.3) is 0 Å². The molecule has 0 spiro atoms. The number of anilines is 1. The van der Waals surface area contributed by atoms with Gasteiger partial charge in [-0.15, -0.1) is 0 Å². The van der Waals surface area contributed by atoms with Crippen LogP contribution in [0.3, 0.4) is 0 Å². The number of hydrogen-bond donors (Lipinski definition) is 2. The number of carbonyl (C=O) groups excluding carboxylic acids is 1. The lowest BCUT2D eigenvalue weighted by Crippen LogP contribution is -2.36. The monoisotopic (exact) mass is 397 g/mol. The van der Waals surface area contributed by atoms with Crippen LogP contribution < -0.4 is 15.4 Å². The Bertz CT molecular complexity index is 726. The minimum absolute atomic E-state index is 0.0950. The third-order valence-electron chi connectivity index (χ3n) is 4.92. The van der Waals surface area contributed by atoms with E-state index in [1.165, 1.54) is 17.5 Å². The van der Waals surface area contributed by atoms with Crippen LogP contribution in [0.15, 0.2) is 23.1 Å². The molecule has 1 heterocycles. The summed E-state index contributed by atoms with van der Waals surface area (Å²) in [7, 11) is -2.21. The van der Waals surface area contributed by atoms with Gasteiger partial charge in [0.05, 0.1) is 13.7 Å². The van der Waals surface area contributed by atoms with E-state index in [0.29, 0.717) is 24.8 Å². The van der Waals surface area contributed by atoms with Gasteiger partial charge in [-0.3, -0.25) is 4.79 Å². The Morgan fingerprint density at radius 2 is 1.85 bits per heavy atom. The molecule has 27 heavy (non-hydrogen) atoms. The van der Waals surface area contributed by atoms with Crippen molar-refractivity contribution in [3.05, 3.63) is 18.2 Å². The number of rotatable bonds is 9. The molecule has 1 amide bonds. The lowest BCUT2D eigenvalue weighted by atomic mass is 10.2. The topological polar surface area (TPSA) is 87.7 Å². The predicted molar refractivity (Wildman–Crippen MR) is 107 cm³/mol. The largest absolute Gasteiger partial charge is 0.495 e. The SMILES string of the molecule is CCC(CC)NCC(=O)Nc1ccc(OC)c(S(=O)(=O)N2CCCCC2)c1. The fourth-order valence-electron chi connectivity index (χ4n) is 3.22. The number of nitrogens with one attached hydrogen (secondary N) is 2. The minimum atomic E-state index is -3.66. The molecule has 2 N–H and O–H groups in total. The average molecular weight is 398 g/mol. The van der Waals surface area contributed by atoms with Gasteiger partial charge in [-0.1, -0.05) is 20.3 Å². The lowest BCUT2D eigenvalue weighted by molar-refractivity contribution is -0.115. The maximum atomic E-state index is 13.0. The Morgan fingerprint density at radius 1 is 1.19 bits per heavy atom. The molecule has 1 aliphatic heterocycles. The summed E-state index contributed by atoms with van der Waals surface area (Å²) < 4.78 is 32.8. The molecular formula is C19H31N3O4S. The zero-order valence-electron chi connectivity index (χ0n) is 16.5. The summed E-state index contributed by atoms with van der Waals surface area (Å²) in [6, 6.07) is 5.02. The highest BCUT2D eigenvalue weighted by molar-refractivity contribution is 7.89. The first-order chi connectivity index (χ1) is 12.9. The van der Waals surface area contributed by atoms with Crippen LogP contribution in [-0.2, 0) is 14.8 Å². The highest BCUT2D eigenvalue weighted by Crippen LogP contribution is 2.31. The van der Waals surface area contributed by atoms with Crippen LogP contribution in [0.1, 0.15) is 46.0 Å². The Hall–Kier alpha value is -1.64. The highest BCUT2D eigenvalue weighted by atomic mass is 32.2. The number of carbonyl (C=O) groups is 1. The number of nitrogens with zero attached hydrogens (tertiary/aromatic N) is 1. The Kier molecular flexibility index (Phi) is 8.07. The molecule has 0 radical (unpaired) electrons. The van der Waals surface area contributed by atoms with Crippen LogP contribution in [0.4, 0.5) is 5.69 Å². The quantitative estimate of drug-likeness (QED) is 0.669. The van der Waals surface area contributed by atoms with Gasteiger partial charge in [-0.05, 0) is 43.9 Å². The summed E-state index contributed by atoms with van der Waals surface area (Å²) in [5.41, 5.74) is 0.447. The second kappa shape index (κ2) is 10.1. The molecule has 0 unspecified atom stereocenters. The van der Waals surface area contributed by atoms with E-state index in [-0.39, 0.29) is 23.1 Å². The summed E-state index contributed by atoms with van der Waals surface area (Å²) in [5.74, 6) is 0.0853. The van der Waals surface area contributed by atoms with Crippen molar-refractivity contribution < 1.29 is 17.9 Å². The van der Waals surface area contributed by atoms with E-state index < -0.39 is 10.0 Å². The number of ether oxygens (including phenoxy) is 1. The molecule has 152 valence electrons. The van der Waals surface area contributed by atoms with Gasteiger partial charge in [0.1, 0.15) is 10.6 Å². The van der Waals surface area contributed by atoms with Crippen molar-refractivity contribution in [2.45, 2.75) is 56.9 Å². The predicted octanol–water partition coefficient (Wildman–Crippen LogP) is 2.59. The van der Waals surface area contributed by atoms with Gasteiger partial charge in [0.25, 0.3) is 0 Å². The second-order valence-electron chi connectivity index (χ2n) is 6.77. The molecule has 1 aliphatic rings. The van der Waals surface area contributed by atoms with Crippen LogP contribution in [-0.4, -0.2) is 51.4 Å². The van der Waals surface area contributed by atoms with Crippen molar-refractivity contribution in [2.24, 2.45) is 0 Å². The van der Waals surface area contributed by atoms with E-state index in [2.05, 4.69) is 24.5 Å². The van der Waals surface area contributed by atoms with E-state index in [0.717, 1.165) is 32.1 Å². The van der Waals surface area contributed by atoms with E-state index in [4.69, 9.17) is 4.74 Å². The van der Waals surface area contributed by atoms with Crippen molar-refractivity contribution >= 4 is 21.6 Å². The fraction of sp³-hybridized carbons (Fsp3) is 0.632. The van der Waals surface area contributed by atoms with Crippen molar-refractivity contribution in [1.29, 1.82) is 0 Å². The molecule has 7 nitrogen and oxygen atoms in total. The molecule has 2 rings (SSSR count). The van der Waals surface area contributed by atoms with Crippen LogP contribution in [0.2, 0.25) is 0 Å². The number of sulfonamides is 1. The van der Waals surface area contributed by atoms with Crippen molar-refractivity contribution in [1.82, 2.24) is 9.62 Å². The standard InChI is InChI=1S/C19H31N3O4S/c1-4-15(5-2)20-14-19(23)21-16-9-10-17(26-3)18(13-16)27(24,25)22-11-7-6-8-12-22/h9-10,13,15,20H,4-8,11-12,14H2,1-3H3,(H,21,23). The number of methoxy groups -OCH3 is 1. The average Bonchev–Trinajstić information content (AvgIpc) is 2.69. The van der Waals surface area contributed by atoms with Crippen molar-refractivity contribution in [2.75, 3.05) is 32.1 Å². The third kappa shape index (κ3) is 5.67. The van der Waals surface area contributed by atoms with Crippen molar-refractivity contribution in [3.8, 4) is 5.75 Å². The van der Waals surface area contributed by atoms with E-state index >= 15 is 0 Å². The Morgan fingerprint density at radius 3 is 2.44 bits per heavy atom. The maximum Gasteiger partial charge on any atom is 0.246 e. The van der Waals surface area contributed by atoms with Gasteiger partial charge in [-0.2, -0.15) is 4.31 Å². The molecule has 0 atom stereocenters. The molecule has 0 bridgehead atoms. The normalized spacial score (nSPS) is 15.7. The molecule has 0 aliphatic carbocycles. The van der Waals surface area contributed by atoms with Crippen LogP contribution >= 0.6 is 0 Å². The van der Waals surface area contributed by atoms with Crippen molar-refractivity contribution in [3.63, 3.8) is 0 Å². The first-order valence-corrected chi connectivity index (χ1v) is 11.1. The van der Waals surface area contributed by atoms with E-state index in [9.17, 15) is 13.2 Å². The van der Waals surface area contributed by atoms with Gasteiger partial charge in [0.2, 0.25) is 15.9 Å². The summed E-state index contributed by atoms with van der Waals surface area (Å²) in [6.45, 7) is 5.36. The fourth-order valence-corrected chi connectivity index (χ4v) is 4.92. The number of piperidine rings is 1. The van der Waals surface area contributed by atoms with Gasteiger partial charge in [0.15, 0.2) is 0 Å². The molecule has 0 saturated carbocycles. The molecular weight excluding hydrogens is 366 g/mol. The molecule has 1 aromatic carbocycles. The minimum Gasteiger partial charge on any atom is -0.495 e. The summed E-state index contributed by atoms with van der Waals surface area (Å²) >= 11 is 0. The summed E-state index contributed by atoms with van der Waals surface area (Å²) in [4.78, 5) is 12.3. The molecule has 1 saturated heterocycles. The summed E-state index contributed by atoms with van der Waals surface area (Å²) in [6.07, 6.45) is 4.66. The van der Waals surface area contributed by atoms with Gasteiger partial charge in [0, 0.05) is 24.8 Å².